The van der Waals surface area contributed by atoms with Crippen molar-refractivity contribution >= 4 is 17.5 Å². The van der Waals surface area contributed by atoms with Gasteiger partial charge in [0.15, 0.2) is 0 Å². The summed E-state index contributed by atoms with van der Waals surface area (Å²) in [6, 6.07) is 6.09. The van der Waals surface area contributed by atoms with E-state index in [2.05, 4.69) is 5.32 Å². The summed E-state index contributed by atoms with van der Waals surface area (Å²) in [5.41, 5.74) is 2.39. The second-order valence-electron chi connectivity index (χ2n) is 4.17. The second kappa shape index (κ2) is 3.86. The molecule has 0 radical (unpaired) electrons. The minimum atomic E-state index is 0.141. The van der Waals surface area contributed by atoms with Crippen LogP contribution in [-0.4, -0.2) is 11.9 Å². The average molecular weight is 224 g/mol. The number of halogens is 1. The maximum Gasteiger partial charge on any atom is 0.220 e. The standard InChI is InChI=1S/C12H14ClNO/c1-7-5-9(13)3-4-10(7)11-6-12(15)14-8(11)2/h3-5,8,11H,6H2,1-2H3,(H,14,15). The molecule has 1 aromatic rings. The summed E-state index contributed by atoms with van der Waals surface area (Å²) >= 11 is 5.91. The van der Waals surface area contributed by atoms with Gasteiger partial charge in [0.05, 0.1) is 0 Å². The molecule has 1 aliphatic rings. The molecule has 0 spiro atoms. The van der Waals surface area contributed by atoms with E-state index in [0.29, 0.717) is 6.42 Å². The lowest BCUT2D eigenvalue weighted by molar-refractivity contribution is -0.119. The Morgan fingerprint density at radius 1 is 1.47 bits per heavy atom. The van der Waals surface area contributed by atoms with E-state index in [1.807, 2.05) is 32.0 Å². The maximum atomic E-state index is 11.3. The summed E-state index contributed by atoms with van der Waals surface area (Å²) in [5.74, 6) is 0.427. The summed E-state index contributed by atoms with van der Waals surface area (Å²) < 4.78 is 0. The molecule has 1 aromatic carbocycles. The van der Waals surface area contributed by atoms with E-state index in [9.17, 15) is 4.79 Å². The molecule has 2 atom stereocenters. The fourth-order valence-electron chi connectivity index (χ4n) is 2.22. The fraction of sp³-hybridized carbons (Fsp3) is 0.417. The van der Waals surface area contributed by atoms with Gasteiger partial charge >= 0.3 is 0 Å². The molecule has 2 rings (SSSR count). The van der Waals surface area contributed by atoms with Crippen molar-refractivity contribution in [2.24, 2.45) is 0 Å². The van der Waals surface area contributed by atoms with Crippen molar-refractivity contribution in [3.8, 4) is 0 Å². The third kappa shape index (κ3) is 2.00. The molecule has 2 nitrogen and oxygen atoms in total. The van der Waals surface area contributed by atoms with Gasteiger partial charge in [-0.05, 0) is 37.1 Å². The Hall–Kier alpha value is -1.02. The summed E-state index contributed by atoms with van der Waals surface area (Å²) in [6.07, 6.45) is 0.587. The van der Waals surface area contributed by atoms with E-state index in [-0.39, 0.29) is 17.9 Å². The van der Waals surface area contributed by atoms with Crippen molar-refractivity contribution in [3.63, 3.8) is 0 Å². The molecule has 1 N–H and O–H groups in total. The van der Waals surface area contributed by atoms with E-state index in [0.717, 1.165) is 10.6 Å². The van der Waals surface area contributed by atoms with Gasteiger partial charge in [-0.25, -0.2) is 0 Å². The topological polar surface area (TPSA) is 29.1 Å². The van der Waals surface area contributed by atoms with Crippen LogP contribution < -0.4 is 5.32 Å². The first kappa shape index (κ1) is 10.5. The van der Waals surface area contributed by atoms with Gasteiger partial charge in [0.1, 0.15) is 0 Å². The van der Waals surface area contributed by atoms with Gasteiger partial charge < -0.3 is 5.32 Å². The smallest absolute Gasteiger partial charge is 0.220 e. The molecular weight excluding hydrogens is 210 g/mol. The van der Waals surface area contributed by atoms with Crippen molar-refractivity contribution in [3.05, 3.63) is 34.3 Å². The van der Waals surface area contributed by atoms with Crippen LogP contribution in [0.5, 0.6) is 0 Å². The number of benzene rings is 1. The van der Waals surface area contributed by atoms with E-state index in [4.69, 9.17) is 11.6 Å². The summed E-state index contributed by atoms with van der Waals surface area (Å²) in [7, 11) is 0. The molecule has 2 unspecified atom stereocenters. The SMILES string of the molecule is Cc1cc(Cl)ccc1C1CC(=O)NC1C. The second-order valence-corrected chi connectivity index (χ2v) is 4.60. The summed E-state index contributed by atoms with van der Waals surface area (Å²) in [6.45, 7) is 4.08. The van der Waals surface area contributed by atoms with Crippen LogP contribution in [-0.2, 0) is 4.79 Å². The van der Waals surface area contributed by atoms with Crippen molar-refractivity contribution in [2.45, 2.75) is 32.2 Å². The Morgan fingerprint density at radius 3 is 2.73 bits per heavy atom. The predicted molar refractivity (Wildman–Crippen MR) is 61.2 cm³/mol. The van der Waals surface area contributed by atoms with Gasteiger partial charge in [0.25, 0.3) is 0 Å². The number of nitrogens with one attached hydrogen (secondary N) is 1. The van der Waals surface area contributed by atoms with Gasteiger partial charge in [0.2, 0.25) is 5.91 Å². The monoisotopic (exact) mass is 223 g/mol. The lowest BCUT2D eigenvalue weighted by Crippen LogP contribution is -2.24. The van der Waals surface area contributed by atoms with Crippen LogP contribution in [0.4, 0.5) is 0 Å². The third-order valence-corrected chi connectivity index (χ3v) is 3.26. The number of hydrogen-bond donors (Lipinski definition) is 1. The average Bonchev–Trinajstić information content (AvgIpc) is 2.45. The zero-order chi connectivity index (χ0) is 11.0. The first-order valence-electron chi connectivity index (χ1n) is 5.13. The number of hydrogen-bond acceptors (Lipinski definition) is 1. The van der Waals surface area contributed by atoms with Gasteiger partial charge in [0, 0.05) is 23.4 Å². The highest BCUT2D eigenvalue weighted by atomic mass is 35.5. The van der Waals surface area contributed by atoms with Crippen molar-refractivity contribution in [1.82, 2.24) is 5.32 Å². The van der Waals surface area contributed by atoms with Crippen LogP contribution in [0.3, 0.4) is 0 Å². The van der Waals surface area contributed by atoms with Crippen LogP contribution in [0.1, 0.15) is 30.4 Å². The Labute approximate surface area is 94.6 Å². The molecule has 1 saturated heterocycles. The largest absolute Gasteiger partial charge is 0.353 e. The zero-order valence-electron chi connectivity index (χ0n) is 8.88. The van der Waals surface area contributed by atoms with Crippen LogP contribution in [0.15, 0.2) is 18.2 Å². The maximum absolute atomic E-state index is 11.3. The highest BCUT2D eigenvalue weighted by molar-refractivity contribution is 6.30. The molecule has 1 heterocycles. The van der Waals surface area contributed by atoms with E-state index < -0.39 is 0 Å². The third-order valence-electron chi connectivity index (χ3n) is 3.03. The minimum absolute atomic E-state index is 0.141. The number of amides is 1. The minimum Gasteiger partial charge on any atom is -0.353 e. The number of carbonyl (C=O) groups is 1. The first-order valence-corrected chi connectivity index (χ1v) is 5.51. The fourth-order valence-corrected chi connectivity index (χ4v) is 2.45. The lowest BCUT2D eigenvalue weighted by atomic mass is 9.90. The lowest BCUT2D eigenvalue weighted by Gasteiger charge is -2.17. The van der Waals surface area contributed by atoms with Gasteiger partial charge in [-0.3, -0.25) is 4.79 Å². The summed E-state index contributed by atoms with van der Waals surface area (Å²) in [5, 5.41) is 3.69. The predicted octanol–water partition coefficient (Wildman–Crippen LogP) is 2.64. The molecule has 0 bridgehead atoms. The number of rotatable bonds is 1. The van der Waals surface area contributed by atoms with Crippen molar-refractivity contribution in [1.29, 1.82) is 0 Å². The van der Waals surface area contributed by atoms with E-state index in [1.54, 1.807) is 0 Å². The van der Waals surface area contributed by atoms with Crippen LogP contribution in [0, 0.1) is 6.92 Å². The highest BCUT2D eigenvalue weighted by Crippen LogP contribution is 2.31. The number of carbonyl (C=O) groups excluding carboxylic acids is 1. The Kier molecular flexibility index (Phi) is 2.70. The molecule has 0 aromatic heterocycles. The Bertz CT molecular complexity index is 403. The molecule has 1 aliphatic heterocycles. The molecule has 1 amide bonds. The zero-order valence-corrected chi connectivity index (χ0v) is 9.64. The van der Waals surface area contributed by atoms with Gasteiger partial charge in [-0.2, -0.15) is 0 Å². The highest BCUT2D eigenvalue weighted by Gasteiger charge is 2.30. The molecule has 0 saturated carbocycles. The summed E-state index contributed by atoms with van der Waals surface area (Å²) in [4.78, 5) is 11.3. The Morgan fingerprint density at radius 2 is 2.20 bits per heavy atom. The molecule has 80 valence electrons. The van der Waals surface area contributed by atoms with Crippen LogP contribution >= 0.6 is 11.6 Å². The van der Waals surface area contributed by atoms with Gasteiger partial charge in [-0.1, -0.05) is 17.7 Å². The van der Waals surface area contributed by atoms with E-state index in [1.165, 1.54) is 5.56 Å². The molecule has 3 heteroatoms. The molecule has 1 fully saturated rings. The van der Waals surface area contributed by atoms with Crippen molar-refractivity contribution in [2.75, 3.05) is 0 Å². The van der Waals surface area contributed by atoms with E-state index >= 15 is 0 Å². The van der Waals surface area contributed by atoms with Gasteiger partial charge in [-0.15, -0.1) is 0 Å². The normalized spacial score (nSPS) is 25.4. The number of aryl methyl sites for hydroxylation is 1. The van der Waals surface area contributed by atoms with Crippen LogP contribution in [0.25, 0.3) is 0 Å². The molecule has 15 heavy (non-hydrogen) atoms. The Balaban J connectivity index is 2.33. The van der Waals surface area contributed by atoms with Crippen LogP contribution in [0.2, 0.25) is 5.02 Å². The first-order chi connectivity index (χ1) is 7.08. The molecular formula is C12H14ClNO. The molecule has 0 aliphatic carbocycles. The van der Waals surface area contributed by atoms with Crippen molar-refractivity contribution < 1.29 is 4.79 Å². The quantitative estimate of drug-likeness (QED) is 0.779.